The van der Waals surface area contributed by atoms with E-state index in [0.29, 0.717) is 0 Å². The highest BCUT2D eigenvalue weighted by Crippen LogP contribution is 2.40. The van der Waals surface area contributed by atoms with Crippen molar-refractivity contribution in [3.63, 3.8) is 0 Å². The van der Waals surface area contributed by atoms with Gasteiger partial charge in [-0.1, -0.05) is 267 Å². The standard InChI is InChI=1S/C54H36N6.C42H28N6/c1-3-13-41(14-4-1)45-17-7-9-21-49(45)59-51(57-47-19-11-35-55-53(47)59)43-31-27-39(28-32-43)37-23-25-38(26-24-37)40-29-33-44(34-30-40)52-58-48-20-12-36-56-54(48)60(52)50-22-10-8-18-46(50)42-15-5-2-6-16-42;1-3-15-35(16-4-1)47-39(45-37-19-9-25-43-41(37)47)33-13-7-11-31(27-33)29-21-23-30(24-22-29)32-12-8-14-34(28-32)40-46-38-20-10-26-44-42(38)48(40)36-17-5-2-6-18-36/h1-36H;1-28H. The Labute approximate surface area is 622 Å². The second-order valence-electron chi connectivity index (χ2n) is 26.4. The summed E-state index contributed by atoms with van der Waals surface area (Å²) in [4.78, 5) is 39.2. The van der Waals surface area contributed by atoms with E-state index in [-0.39, 0.29) is 0 Å². The minimum Gasteiger partial charge on any atom is -0.277 e. The summed E-state index contributed by atoms with van der Waals surface area (Å²) in [5.41, 5.74) is 28.6. The predicted octanol–water partition coefficient (Wildman–Crippen LogP) is 23.0. The minimum atomic E-state index is 0.827. The number of nitrogens with zero attached hydrogens (tertiary/aromatic N) is 12. The minimum absolute atomic E-state index is 0.827. The molecule has 8 heterocycles. The van der Waals surface area contributed by atoms with Crippen LogP contribution in [-0.4, -0.2) is 58.1 Å². The Morgan fingerprint density at radius 2 is 0.417 bits per heavy atom. The van der Waals surface area contributed by atoms with E-state index in [0.717, 1.165) is 180 Å². The van der Waals surface area contributed by atoms with Crippen molar-refractivity contribution in [1.82, 2.24) is 58.1 Å². The number of benzene rings is 12. The van der Waals surface area contributed by atoms with Gasteiger partial charge in [0.15, 0.2) is 22.6 Å². The molecule has 0 saturated carbocycles. The fraction of sp³-hybridized carbons (Fsp3) is 0. The zero-order valence-corrected chi connectivity index (χ0v) is 58.3. The van der Waals surface area contributed by atoms with Crippen LogP contribution in [0.2, 0.25) is 0 Å². The molecule has 0 N–H and O–H groups in total. The fourth-order valence-electron chi connectivity index (χ4n) is 14.6. The summed E-state index contributed by atoms with van der Waals surface area (Å²) in [5.74, 6) is 3.43. The van der Waals surface area contributed by atoms with Crippen molar-refractivity contribution < 1.29 is 0 Å². The number of rotatable bonds is 14. The molecule has 0 aliphatic heterocycles. The molecule has 0 atom stereocenters. The summed E-state index contributed by atoms with van der Waals surface area (Å²) in [7, 11) is 0. The lowest BCUT2D eigenvalue weighted by Gasteiger charge is -2.15. The number of hydrogen-bond donors (Lipinski definition) is 0. The maximum Gasteiger partial charge on any atom is 0.164 e. The lowest BCUT2D eigenvalue weighted by atomic mass is 9.98. The molecule has 8 aromatic heterocycles. The van der Waals surface area contributed by atoms with Crippen LogP contribution < -0.4 is 0 Å². The van der Waals surface area contributed by atoms with Crippen molar-refractivity contribution in [2.24, 2.45) is 0 Å². The van der Waals surface area contributed by atoms with Crippen LogP contribution in [0.15, 0.2) is 389 Å². The van der Waals surface area contributed by atoms with Crippen LogP contribution in [0, 0.1) is 0 Å². The first-order valence-electron chi connectivity index (χ1n) is 35.9. The summed E-state index contributed by atoms with van der Waals surface area (Å²) in [6.07, 6.45) is 7.30. The third kappa shape index (κ3) is 12.1. The molecular formula is C96H64N12. The van der Waals surface area contributed by atoms with Crippen LogP contribution >= 0.6 is 0 Å². The zero-order chi connectivity index (χ0) is 71.7. The van der Waals surface area contributed by atoms with Gasteiger partial charge in [0.2, 0.25) is 0 Å². The van der Waals surface area contributed by atoms with Gasteiger partial charge in [-0.2, -0.15) is 0 Å². The molecule has 508 valence electrons. The zero-order valence-electron chi connectivity index (χ0n) is 58.3. The van der Waals surface area contributed by atoms with Crippen molar-refractivity contribution in [2.75, 3.05) is 0 Å². The Morgan fingerprint density at radius 3 is 0.750 bits per heavy atom. The van der Waals surface area contributed by atoms with E-state index in [1.165, 1.54) is 0 Å². The first-order valence-corrected chi connectivity index (χ1v) is 35.9. The van der Waals surface area contributed by atoms with Gasteiger partial charge in [0.05, 0.1) is 11.4 Å². The molecule has 0 bridgehead atoms. The molecule has 108 heavy (non-hydrogen) atoms. The third-order valence-electron chi connectivity index (χ3n) is 19.8. The molecule has 12 aromatic carbocycles. The van der Waals surface area contributed by atoms with Gasteiger partial charge in [0, 0.05) is 69.5 Å². The molecule has 0 radical (unpaired) electrons. The van der Waals surface area contributed by atoms with Crippen molar-refractivity contribution in [2.45, 2.75) is 0 Å². The number of pyridine rings is 4. The fourth-order valence-corrected chi connectivity index (χ4v) is 14.6. The first kappa shape index (κ1) is 64.0. The summed E-state index contributed by atoms with van der Waals surface area (Å²) in [6, 6.07) is 126. The van der Waals surface area contributed by atoms with Gasteiger partial charge in [-0.15, -0.1) is 0 Å². The van der Waals surface area contributed by atoms with Crippen LogP contribution in [-0.2, 0) is 0 Å². The van der Waals surface area contributed by atoms with E-state index in [2.05, 4.69) is 295 Å². The molecule has 12 heteroatoms. The third-order valence-corrected chi connectivity index (χ3v) is 19.8. The highest BCUT2D eigenvalue weighted by atomic mass is 15.2. The lowest BCUT2D eigenvalue weighted by molar-refractivity contribution is 1.08. The molecule has 0 fully saturated rings. The Bertz CT molecular complexity index is 6220. The molecule has 0 amide bonds. The van der Waals surface area contributed by atoms with Crippen LogP contribution in [0.4, 0.5) is 0 Å². The number of imidazole rings is 4. The van der Waals surface area contributed by atoms with E-state index in [9.17, 15) is 0 Å². The topological polar surface area (TPSA) is 123 Å². The average Bonchev–Trinajstić information content (AvgIpc) is 1.61. The first-order chi connectivity index (χ1) is 53.6. The summed E-state index contributed by atoms with van der Waals surface area (Å²) in [6.45, 7) is 0. The highest BCUT2D eigenvalue weighted by Gasteiger charge is 2.23. The molecule has 0 unspecified atom stereocenters. The van der Waals surface area contributed by atoms with E-state index in [4.69, 9.17) is 29.9 Å². The second kappa shape index (κ2) is 28.1. The lowest BCUT2D eigenvalue weighted by Crippen LogP contribution is -2.01. The SMILES string of the molecule is c1ccc(-c2ccccc2-n2c(-c3ccc(-c4ccc(-c5ccc(-c6nc7cccnc7n6-c6ccccc6-c6ccccc6)cc5)cc4)cc3)nc3cccnc32)cc1.c1ccc(-n2c(-c3cccc(-c4ccc(-c5cccc(-c6nc7cccnc7n6-c6ccccc6)c5)cc4)c3)nc3cccnc32)cc1. The molecule has 0 aliphatic carbocycles. The number of para-hydroxylation sites is 4. The van der Waals surface area contributed by atoms with Gasteiger partial charge >= 0.3 is 0 Å². The molecule has 0 saturated heterocycles. The van der Waals surface area contributed by atoms with Gasteiger partial charge in [0.25, 0.3) is 0 Å². The highest BCUT2D eigenvalue weighted by molar-refractivity contribution is 5.89. The second-order valence-corrected chi connectivity index (χ2v) is 26.4. The van der Waals surface area contributed by atoms with Gasteiger partial charge in [-0.3, -0.25) is 18.3 Å². The largest absolute Gasteiger partial charge is 0.277 e. The molecule has 20 rings (SSSR count). The Morgan fingerprint density at radius 1 is 0.167 bits per heavy atom. The summed E-state index contributed by atoms with van der Waals surface area (Å²) >= 11 is 0. The summed E-state index contributed by atoms with van der Waals surface area (Å²) in [5, 5.41) is 0. The molecule has 12 nitrogen and oxygen atoms in total. The average molecular weight is 1390 g/mol. The molecule has 0 spiro atoms. The monoisotopic (exact) mass is 1380 g/mol. The summed E-state index contributed by atoms with van der Waals surface area (Å²) < 4.78 is 8.63. The van der Waals surface area contributed by atoms with Crippen LogP contribution in [0.25, 0.3) is 180 Å². The number of hydrogen-bond acceptors (Lipinski definition) is 8. The van der Waals surface area contributed by atoms with E-state index in [1.54, 1.807) is 0 Å². The van der Waals surface area contributed by atoms with Crippen LogP contribution in [0.3, 0.4) is 0 Å². The van der Waals surface area contributed by atoms with Gasteiger partial charge < -0.3 is 0 Å². The van der Waals surface area contributed by atoms with Crippen LogP contribution in [0.5, 0.6) is 0 Å². The normalized spacial score (nSPS) is 11.3. The number of aromatic nitrogens is 12. The smallest absolute Gasteiger partial charge is 0.164 e. The van der Waals surface area contributed by atoms with Crippen LogP contribution in [0.1, 0.15) is 0 Å². The predicted molar refractivity (Wildman–Crippen MR) is 437 cm³/mol. The quantitative estimate of drug-likeness (QED) is 0.105. The molecule has 20 aromatic rings. The number of fused-ring (bicyclic) bond motifs is 4. The van der Waals surface area contributed by atoms with Crippen molar-refractivity contribution in [3.8, 4) is 135 Å². The maximum atomic E-state index is 5.11. The van der Waals surface area contributed by atoms with Gasteiger partial charge in [-0.25, -0.2) is 39.9 Å². The Balaban J connectivity index is 0.000000151. The van der Waals surface area contributed by atoms with Crippen molar-refractivity contribution in [1.29, 1.82) is 0 Å². The van der Waals surface area contributed by atoms with Gasteiger partial charge in [0.1, 0.15) is 45.4 Å². The molecular weight excluding hydrogens is 1320 g/mol. The Kier molecular flexibility index (Phi) is 16.6. The maximum absolute atomic E-state index is 5.11. The van der Waals surface area contributed by atoms with Gasteiger partial charge in [-0.05, 0) is 153 Å². The molecule has 0 aliphatic rings. The van der Waals surface area contributed by atoms with E-state index < -0.39 is 0 Å². The Hall–Kier alpha value is -14.9. The van der Waals surface area contributed by atoms with Crippen molar-refractivity contribution >= 4 is 44.7 Å². The van der Waals surface area contributed by atoms with E-state index >= 15 is 0 Å². The van der Waals surface area contributed by atoms with Crippen molar-refractivity contribution in [3.05, 3.63) is 389 Å². The van der Waals surface area contributed by atoms with E-state index in [1.807, 2.05) is 122 Å².